The number of carbonyl (C=O) groups excluding carboxylic acids is 1. The summed E-state index contributed by atoms with van der Waals surface area (Å²) in [7, 11) is -3.71. The van der Waals surface area contributed by atoms with Crippen LogP contribution >= 0.6 is 0 Å². The van der Waals surface area contributed by atoms with E-state index in [2.05, 4.69) is 9.71 Å². The van der Waals surface area contributed by atoms with Gasteiger partial charge in [0.15, 0.2) is 5.54 Å². The highest BCUT2D eigenvalue weighted by molar-refractivity contribution is 7.88. The van der Waals surface area contributed by atoms with E-state index in [9.17, 15) is 13.2 Å². The molecule has 21 heavy (non-hydrogen) atoms. The quantitative estimate of drug-likeness (QED) is 0.832. The van der Waals surface area contributed by atoms with Crippen molar-refractivity contribution in [2.24, 2.45) is 5.73 Å². The molecule has 0 saturated carbocycles. The molecule has 1 unspecified atom stereocenters. The molecule has 110 valence electrons. The van der Waals surface area contributed by atoms with Crippen molar-refractivity contribution in [2.45, 2.75) is 5.54 Å². The molecular formula is C14H15N3O3S. The Morgan fingerprint density at radius 3 is 2.24 bits per heavy atom. The van der Waals surface area contributed by atoms with E-state index in [1.807, 2.05) is 0 Å². The minimum atomic E-state index is -3.71. The maximum absolute atomic E-state index is 12.2. The van der Waals surface area contributed by atoms with Gasteiger partial charge >= 0.3 is 0 Å². The fraction of sp³-hybridized carbons (Fsp3) is 0.143. The number of primary amides is 1. The Labute approximate surface area is 123 Å². The van der Waals surface area contributed by atoms with Gasteiger partial charge in [0, 0.05) is 6.20 Å². The van der Waals surface area contributed by atoms with Gasteiger partial charge in [0.2, 0.25) is 15.9 Å². The maximum atomic E-state index is 12.2. The predicted octanol–water partition coefficient (Wildman–Crippen LogP) is 0.360. The Morgan fingerprint density at radius 2 is 1.76 bits per heavy atom. The van der Waals surface area contributed by atoms with Crippen LogP contribution in [0.2, 0.25) is 0 Å². The third-order valence-electron chi connectivity index (χ3n) is 2.96. The van der Waals surface area contributed by atoms with Crippen LogP contribution in [0.4, 0.5) is 0 Å². The molecule has 2 aromatic rings. The second-order valence-corrected chi connectivity index (χ2v) is 6.32. The van der Waals surface area contributed by atoms with Crippen LogP contribution in [-0.2, 0) is 20.4 Å². The van der Waals surface area contributed by atoms with Crippen molar-refractivity contribution in [2.75, 3.05) is 6.26 Å². The predicted molar refractivity (Wildman–Crippen MR) is 78.6 cm³/mol. The highest BCUT2D eigenvalue weighted by Gasteiger charge is 2.44. The average Bonchev–Trinajstić information content (AvgIpc) is 2.45. The monoisotopic (exact) mass is 305 g/mol. The first-order valence-electron chi connectivity index (χ1n) is 6.12. The van der Waals surface area contributed by atoms with Crippen molar-refractivity contribution in [1.82, 2.24) is 9.71 Å². The molecule has 3 N–H and O–H groups in total. The lowest BCUT2D eigenvalue weighted by molar-refractivity contribution is -0.122. The van der Waals surface area contributed by atoms with E-state index in [4.69, 9.17) is 5.73 Å². The van der Waals surface area contributed by atoms with E-state index in [0.29, 0.717) is 5.56 Å². The second-order valence-electron chi connectivity index (χ2n) is 4.57. The van der Waals surface area contributed by atoms with Gasteiger partial charge < -0.3 is 5.73 Å². The molecule has 2 rings (SSSR count). The fourth-order valence-corrected chi connectivity index (χ4v) is 3.01. The topological polar surface area (TPSA) is 102 Å². The molecule has 0 saturated heterocycles. The maximum Gasteiger partial charge on any atom is 0.249 e. The normalized spacial score (nSPS) is 14.3. The molecular weight excluding hydrogens is 290 g/mol. The molecule has 1 aromatic heterocycles. The van der Waals surface area contributed by atoms with Crippen molar-refractivity contribution >= 4 is 15.9 Å². The third kappa shape index (κ3) is 3.09. The number of aromatic nitrogens is 1. The van der Waals surface area contributed by atoms with Crippen LogP contribution in [-0.4, -0.2) is 25.6 Å². The minimum absolute atomic E-state index is 0.217. The van der Waals surface area contributed by atoms with Gasteiger partial charge in [-0.25, -0.2) is 8.42 Å². The molecule has 0 aliphatic rings. The van der Waals surface area contributed by atoms with Gasteiger partial charge in [-0.3, -0.25) is 9.78 Å². The van der Waals surface area contributed by atoms with Crippen LogP contribution in [0.15, 0.2) is 54.7 Å². The zero-order valence-electron chi connectivity index (χ0n) is 11.4. The Kier molecular flexibility index (Phi) is 4.06. The van der Waals surface area contributed by atoms with Crippen molar-refractivity contribution < 1.29 is 13.2 Å². The number of hydrogen-bond acceptors (Lipinski definition) is 4. The summed E-state index contributed by atoms with van der Waals surface area (Å²) in [6.07, 6.45) is 2.44. The Bertz CT molecular complexity index is 691. The fourth-order valence-electron chi connectivity index (χ4n) is 2.13. The molecule has 0 fully saturated rings. The van der Waals surface area contributed by atoms with Gasteiger partial charge in [0.25, 0.3) is 0 Å². The molecule has 1 atom stereocenters. The number of rotatable bonds is 5. The summed E-state index contributed by atoms with van der Waals surface area (Å²) in [4.78, 5) is 16.3. The van der Waals surface area contributed by atoms with Crippen molar-refractivity contribution in [3.8, 4) is 0 Å². The lowest BCUT2D eigenvalue weighted by Crippen LogP contribution is -2.55. The number of sulfonamides is 1. The summed E-state index contributed by atoms with van der Waals surface area (Å²) in [5.74, 6) is -0.849. The summed E-state index contributed by atoms with van der Waals surface area (Å²) in [6, 6.07) is 13.3. The second kappa shape index (κ2) is 5.63. The first kappa shape index (κ1) is 15.1. The number of nitrogens with zero attached hydrogens (tertiary/aromatic N) is 1. The Balaban J connectivity index is 2.76. The minimum Gasteiger partial charge on any atom is -0.367 e. The van der Waals surface area contributed by atoms with E-state index < -0.39 is 21.5 Å². The number of carbonyl (C=O) groups is 1. The number of nitrogens with two attached hydrogens (primary N) is 1. The first-order valence-corrected chi connectivity index (χ1v) is 8.01. The summed E-state index contributed by atoms with van der Waals surface area (Å²) < 4.78 is 25.8. The summed E-state index contributed by atoms with van der Waals surface area (Å²) in [5, 5.41) is 0. The van der Waals surface area contributed by atoms with Crippen LogP contribution < -0.4 is 10.5 Å². The number of pyridine rings is 1. The molecule has 1 aromatic carbocycles. The summed E-state index contributed by atoms with van der Waals surface area (Å²) in [5.41, 5.74) is 4.42. The number of nitrogens with one attached hydrogen (secondary N) is 1. The standard InChI is InChI=1S/C14H15N3O3S/c1-21(19,20)17-14(13(15)18,11-7-3-2-4-8-11)12-9-5-6-10-16-12/h2-10,17H,1H3,(H2,15,18). The molecule has 1 amide bonds. The van der Waals surface area contributed by atoms with E-state index >= 15 is 0 Å². The van der Waals surface area contributed by atoms with Gasteiger partial charge in [-0.15, -0.1) is 0 Å². The van der Waals surface area contributed by atoms with Crippen LogP contribution in [0.3, 0.4) is 0 Å². The third-order valence-corrected chi connectivity index (χ3v) is 3.64. The summed E-state index contributed by atoms with van der Waals surface area (Å²) >= 11 is 0. The van der Waals surface area contributed by atoms with Gasteiger partial charge in [0.05, 0.1) is 11.9 Å². The molecule has 6 nitrogen and oxygen atoms in total. The Morgan fingerprint density at radius 1 is 1.14 bits per heavy atom. The molecule has 7 heteroatoms. The van der Waals surface area contributed by atoms with Crippen molar-refractivity contribution in [3.63, 3.8) is 0 Å². The van der Waals surface area contributed by atoms with Gasteiger partial charge in [-0.1, -0.05) is 36.4 Å². The van der Waals surface area contributed by atoms with Crippen molar-refractivity contribution in [3.05, 3.63) is 66.0 Å². The van der Waals surface area contributed by atoms with Crippen LogP contribution in [0.1, 0.15) is 11.3 Å². The zero-order valence-corrected chi connectivity index (χ0v) is 12.2. The number of amides is 1. The van der Waals surface area contributed by atoms with Gasteiger partial charge in [-0.2, -0.15) is 4.72 Å². The molecule has 0 bridgehead atoms. The highest BCUT2D eigenvalue weighted by Crippen LogP contribution is 2.28. The highest BCUT2D eigenvalue weighted by atomic mass is 32.2. The number of hydrogen-bond donors (Lipinski definition) is 2. The largest absolute Gasteiger partial charge is 0.367 e. The molecule has 0 radical (unpaired) electrons. The van der Waals surface area contributed by atoms with Crippen LogP contribution in [0.25, 0.3) is 0 Å². The Hall–Kier alpha value is -2.25. The lowest BCUT2D eigenvalue weighted by atomic mass is 9.86. The van der Waals surface area contributed by atoms with E-state index in [0.717, 1.165) is 6.26 Å². The van der Waals surface area contributed by atoms with Gasteiger partial charge in [0.1, 0.15) is 0 Å². The molecule has 1 heterocycles. The van der Waals surface area contributed by atoms with Crippen molar-refractivity contribution in [1.29, 1.82) is 0 Å². The molecule has 0 aliphatic heterocycles. The van der Waals surface area contributed by atoms with E-state index in [-0.39, 0.29) is 5.69 Å². The molecule has 0 spiro atoms. The smallest absolute Gasteiger partial charge is 0.249 e. The van der Waals surface area contributed by atoms with Gasteiger partial charge in [-0.05, 0) is 17.7 Å². The zero-order chi connectivity index (χ0) is 15.5. The molecule has 0 aliphatic carbocycles. The van der Waals surface area contributed by atoms with E-state index in [1.54, 1.807) is 48.5 Å². The number of benzene rings is 1. The average molecular weight is 305 g/mol. The lowest BCUT2D eigenvalue weighted by Gasteiger charge is -2.30. The first-order chi connectivity index (χ1) is 9.86. The van der Waals surface area contributed by atoms with E-state index in [1.165, 1.54) is 6.20 Å². The van der Waals surface area contributed by atoms with Crippen LogP contribution in [0, 0.1) is 0 Å². The van der Waals surface area contributed by atoms with Crippen LogP contribution in [0.5, 0.6) is 0 Å². The summed E-state index contributed by atoms with van der Waals surface area (Å²) in [6.45, 7) is 0. The SMILES string of the molecule is CS(=O)(=O)NC(C(N)=O)(c1ccccc1)c1ccccn1.